The molecule has 8 heteroatoms. The molecule has 0 unspecified atom stereocenters. The highest BCUT2D eigenvalue weighted by Crippen LogP contribution is 2.18. The zero-order valence-corrected chi connectivity index (χ0v) is 16.6. The Kier molecular flexibility index (Phi) is 6.30. The van der Waals surface area contributed by atoms with Crippen LogP contribution >= 0.6 is 11.6 Å². The Morgan fingerprint density at radius 3 is 2.43 bits per heavy atom. The number of nitrogens with zero attached hydrogens (tertiary/aromatic N) is 3. The molecule has 0 fully saturated rings. The molecule has 0 saturated heterocycles. The Bertz CT molecular complexity index is 1210. The smallest absolute Gasteiger partial charge is 0.357 e. The molecule has 0 amide bonds. The number of carbonyl (C=O) groups is 1. The van der Waals surface area contributed by atoms with Gasteiger partial charge in [-0.25, -0.2) is 4.79 Å². The van der Waals surface area contributed by atoms with Crippen molar-refractivity contribution in [2.45, 2.75) is 6.92 Å². The third-order valence-electron chi connectivity index (χ3n) is 4.15. The molecule has 0 aliphatic heterocycles. The maximum atomic E-state index is 12.9. The Morgan fingerprint density at radius 2 is 1.87 bits per heavy atom. The van der Waals surface area contributed by atoms with Crippen LogP contribution in [0.1, 0.15) is 34.1 Å². The lowest BCUT2D eigenvalue weighted by Gasteiger charge is -2.10. The van der Waals surface area contributed by atoms with Gasteiger partial charge in [-0.05, 0) is 48.9 Å². The molecule has 0 radical (unpaired) electrons. The van der Waals surface area contributed by atoms with Crippen LogP contribution in [0.5, 0.6) is 5.75 Å². The van der Waals surface area contributed by atoms with Crippen molar-refractivity contribution in [3.05, 3.63) is 86.3 Å². The molecule has 1 heterocycles. The molecular weight excluding hydrogens is 406 g/mol. The SMILES string of the molecule is CCOc1ccc(-n2nc(C(=O)O)c(/C=C\c3ccc(Cl)cc3)c(C#N)c2=O)cc1. The van der Waals surface area contributed by atoms with Crippen molar-refractivity contribution in [3.63, 3.8) is 0 Å². The number of benzene rings is 2. The first kappa shape index (κ1) is 20.8. The van der Waals surface area contributed by atoms with Crippen molar-refractivity contribution in [2.75, 3.05) is 6.61 Å². The first-order valence-electron chi connectivity index (χ1n) is 8.92. The lowest BCUT2D eigenvalue weighted by atomic mass is 10.1. The van der Waals surface area contributed by atoms with E-state index in [-0.39, 0.29) is 11.1 Å². The van der Waals surface area contributed by atoms with Gasteiger partial charge in [0.1, 0.15) is 17.4 Å². The number of hydrogen-bond donors (Lipinski definition) is 1. The van der Waals surface area contributed by atoms with E-state index >= 15 is 0 Å². The molecule has 3 rings (SSSR count). The van der Waals surface area contributed by atoms with E-state index in [1.165, 1.54) is 6.08 Å². The van der Waals surface area contributed by atoms with Crippen LogP contribution in [0.25, 0.3) is 17.8 Å². The Balaban J connectivity index is 2.13. The molecule has 0 aliphatic carbocycles. The summed E-state index contributed by atoms with van der Waals surface area (Å²) >= 11 is 5.86. The van der Waals surface area contributed by atoms with Gasteiger partial charge in [-0.15, -0.1) is 0 Å². The van der Waals surface area contributed by atoms with Crippen molar-refractivity contribution in [1.82, 2.24) is 9.78 Å². The minimum Gasteiger partial charge on any atom is -0.494 e. The fourth-order valence-electron chi connectivity index (χ4n) is 2.75. The average molecular weight is 422 g/mol. The fourth-order valence-corrected chi connectivity index (χ4v) is 2.87. The minimum atomic E-state index is -1.36. The summed E-state index contributed by atoms with van der Waals surface area (Å²) in [7, 11) is 0. The monoisotopic (exact) mass is 421 g/mol. The second kappa shape index (κ2) is 9.07. The molecule has 1 aromatic heterocycles. The maximum absolute atomic E-state index is 12.9. The fraction of sp³-hybridized carbons (Fsp3) is 0.0909. The topological polar surface area (TPSA) is 105 Å². The molecule has 7 nitrogen and oxygen atoms in total. The predicted octanol–water partition coefficient (Wildman–Crippen LogP) is 4.02. The number of aromatic carboxylic acids is 1. The zero-order valence-electron chi connectivity index (χ0n) is 15.9. The van der Waals surface area contributed by atoms with Gasteiger partial charge in [0, 0.05) is 10.6 Å². The van der Waals surface area contributed by atoms with Gasteiger partial charge >= 0.3 is 5.97 Å². The summed E-state index contributed by atoms with van der Waals surface area (Å²) in [4.78, 5) is 24.7. The van der Waals surface area contributed by atoms with Crippen LogP contribution in [-0.4, -0.2) is 27.5 Å². The first-order chi connectivity index (χ1) is 14.4. The maximum Gasteiger partial charge on any atom is 0.357 e. The van der Waals surface area contributed by atoms with E-state index in [1.54, 1.807) is 54.6 Å². The summed E-state index contributed by atoms with van der Waals surface area (Å²) in [6.45, 7) is 2.32. The summed E-state index contributed by atoms with van der Waals surface area (Å²) < 4.78 is 6.26. The molecule has 0 bridgehead atoms. The third kappa shape index (κ3) is 4.40. The lowest BCUT2D eigenvalue weighted by molar-refractivity contribution is 0.0688. The number of hydrogen-bond acceptors (Lipinski definition) is 5. The largest absolute Gasteiger partial charge is 0.494 e. The van der Waals surface area contributed by atoms with Crippen molar-refractivity contribution >= 4 is 29.7 Å². The van der Waals surface area contributed by atoms with Crippen molar-refractivity contribution in [2.24, 2.45) is 0 Å². The van der Waals surface area contributed by atoms with Crippen LogP contribution in [0.2, 0.25) is 5.02 Å². The molecule has 3 aromatic rings. The molecule has 1 N–H and O–H groups in total. The van der Waals surface area contributed by atoms with E-state index < -0.39 is 17.2 Å². The highest BCUT2D eigenvalue weighted by atomic mass is 35.5. The minimum absolute atomic E-state index is 0.0628. The third-order valence-corrected chi connectivity index (χ3v) is 4.40. The quantitative estimate of drug-likeness (QED) is 0.644. The van der Waals surface area contributed by atoms with Gasteiger partial charge < -0.3 is 9.84 Å². The van der Waals surface area contributed by atoms with Crippen LogP contribution in [-0.2, 0) is 0 Å². The van der Waals surface area contributed by atoms with Crippen LogP contribution < -0.4 is 10.3 Å². The summed E-state index contributed by atoms with van der Waals surface area (Å²) in [5, 5.41) is 23.8. The van der Waals surface area contributed by atoms with Crippen molar-refractivity contribution in [3.8, 4) is 17.5 Å². The van der Waals surface area contributed by atoms with Gasteiger partial charge in [-0.2, -0.15) is 15.0 Å². The van der Waals surface area contributed by atoms with Gasteiger partial charge in [0.15, 0.2) is 5.69 Å². The van der Waals surface area contributed by atoms with E-state index in [2.05, 4.69) is 5.10 Å². The number of nitriles is 1. The van der Waals surface area contributed by atoms with Gasteiger partial charge in [0.25, 0.3) is 5.56 Å². The van der Waals surface area contributed by atoms with Gasteiger partial charge in [0.2, 0.25) is 0 Å². The molecule has 2 aromatic carbocycles. The van der Waals surface area contributed by atoms with E-state index in [0.29, 0.717) is 23.1 Å². The Labute approximate surface area is 177 Å². The molecule has 0 aliphatic rings. The number of aromatic nitrogens is 2. The number of ether oxygens (including phenoxy) is 1. The summed E-state index contributed by atoms with van der Waals surface area (Å²) in [6, 6.07) is 15.0. The highest BCUT2D eigenvalue weighted by molar-refractivity contribution is 6.30. The summed E-state index contributed by atoms with van der Waals surface area (Å²) in [5.74, 6) is -0.766. The zero-order chi connectivity index (χ0) is 21.7. The Hall–Kier alpha value is -3.89. The highest BCUT2D eigenvalue weighted by Gasteiger charge is 2.21. The van der Waals surface area contributed by atoms with Gasteiger partial charge in [-0.1, -0.05) is 35.9 Å². The second-order valence-corrected chi connectivity index (χ2v) is 6.52. The first-order valence-corrected chi connectivity index (χ1v) is 9.30. The molecule has 150 valence electrons. The summed E-state index contributed by atoms with van der Waals surface area (Å²) in [6.07, 6.45) is 2.98. The van der Waals surface area contributed by atoms with Gasteiger partial charge in [0.05, 0.1) is 12.3 Å². The van der Waals surface area contributed by atoms with E-state index in [0.717, 1.165) is 10.2 Å². The van der Waals surface area contributed by atoms with Crippen LogP contribution in [0, 0.1) is 11.3 Å². The van der Waals surface area contributed by atoms with Crippen LogP contribution in [0.3, 0.4) is 0 Å². The van der Waals surface area contributed by atoms with Crippen molar-refractivity contribution in [1.29, 1.82) is 5.26 Å². The summed E-state index contributed by atoms with van der Waals surface area (Å²) in [5.41, 5.74) is -0.479. The number of halogens is 1. The number of carboxylic acids is 1. The molecule has 30 heavy (non-hydrogen) atoms. The lowest BCUT2D eigenvalue weighted by Crippen LogP contribution is -2.28. The van der Waals surface area contributed by atoms with E-state index in [4.69, 9.17) is 16.3 Å². The standard InChI is InChI=1S/C22H16ClN3O4/c1-2-30-17-10-8-16(9-11-17)26-21(27)19(13-24)18(20(25-26)22(28)29)12-5-14-3-6-15(23)7-4-14/h3-12H,2H2,1H3,(H,28,29)/b12-5-. The molecular formula is C22H16ClN3O4. The Morgan fingerprint density at radius 1 is 1.20 bits per heavy atom. The predicted molar refractivity (Wildman–Crippen MR) is 113 cm³/mol. The van der Waals surface area contributed by atoms with E-state index in [1.807, 2.05) is 13.0 Å². The molecule has 0 atom stereocenters. The van der Waals surface area contributed by atoms with Crippen LogP contribution in [0.15, 0.2) is 53.3 Å². The molecule has 0 spiro atoms. The number of rotatable bonds is 6. The van der Waals surface area contributed by atoms with Crippen LogP contribution in [0.4, 0.5) is 0 Å². The van der Waals surface area contributed by atoms with E-state index in [9.17, 15) is 20.0 Å². The average Bonchev–Trinajstić information content (AvgIpc) is 2.74. The van der Waals surface area contributed by atoms with Crippen molar-refractivity contribution < 1.29 is 14.6 Å². The number of carboxylic acid groups (broad SMARTS) is 1. The molecule has 0 saturated carbocycles. The van der Waals surface area contributed by atoms with Gasteiger partial charge in [-0.3, -0.25) is 4.79 Å². The normalized spacial score (nSPS) is 10.7. The second-order valence-electron chi connectivity index (χ2n) is 6.08.